The van der Waals surface area contributed by atoms with Gasteiger partial charge >= 0.3 is 6.09 Å². The zero-order valence-corrected chi connectivity index (χ0v) is 12.8. The average Bonchev–Trinajstić information content (AvgIpc) is 2.51. The van der Waals surface area contributed by atoms with Crippen LogP contribution in [-0.4, -0.2) is 39.3 Å². The van der Waals surface area contributed by atoms with Gasteiger partial charge in [-0.1, -0.05) is 6.92 Å². The van der Waals surface area contributed by atoms with Crippen molar-refractivity contribution in [3.8, 4) is 11.5 Å². The van der Waals surface area contributed by atoms with E-state index in [9.17, 15) is 4.79 Å². The minimum Gasteiger partial charge on any atom is -0.490 e. The molecular weight excluding hydrogens is 274 g/mol. The average molecular weight is 297 g/mol. The highest BCUT2D eigenvalue weighted by Crippen LogP contribution is 2.19. The van der Waals surface area contributed by atoms with E-state index in [2.05, 4.69) is 5.32 Å². The predicted octanol–water partition coefficient (Wildman–Crippen LogP) is 2.57. The summed E-state index contributed by atoms with van der Waals surface area (Å²) in [6.45, 7) is 4.86. The molecule has 1 amide bonds. The number of alkyl carbamates (subject to hydrolysis) is 1. The molecule has 0 saturated carbocycles. The van der Waals surface area contributed by atoms with Crippen LogP contribution in [0.15, 0.2) is 24.3 Å². The van der Waals surface area contributed by atoms with Crippen LogP contribution >= 0.6 is 0 Å². The third-order valence-corrected chi connectivity index (χ3v) is 2.59. The largest absolute Gasteiger partial charge is 0.490 e. The second kappa shape index (κ2) is 9.88. The Bertz CT molecular complexity index is 403. The van der Waals surface area contributed by atoms with Crippen molar-refractivity contribution in [2.75, 3.05) is 26.9 Å². The van der Waals surface area contributed by atoms with E-state index >= 15 is 0 Å². The Hall–Kier alpha value is -1.95. The molecule has 0 spiro atoms. The third kappa shape index (κ3) is 6.85. The molecule has 0 saturated heterocycles. The molecular formula is C15H23NO5. The number of hydrogen-bond acceptors (Lipinski definition) is 5. The molecule has 0 aliphatic carbocycles. The smallest absolute Gasteiger partial charge is 0.407 e. The highest BCUT2D eigenvalue weighted by molar-refractivity contribution is 5.66. The first-order valence-electron chi connectivity index (χ1n) is 7.02. The van der Waals surface area contributed by atoms with Gasteiger partial charge in [-0.25, -0.2) is 4.79 Å². The van der Waals surface area contributed by atoms with Gasteiger partial charge in [0, 0.05) is 20.1 Å². The number of hydrogen-bond donors (Lipinski definition) is 1. The lowest BCUT2D eigenvalue weighted by Gasteiger charge is -2.15. The van der Waals surface area contributed by atoms with Crippen LogP contribution in [0.3, 0.4) is 0 Å². The second-order valence-electron chi connectivity index (χ2n) is 4.18. The lowest BCUT2D eigenvalue weighted by molar-refractivity contribution is -0.0548. The lowest BCUT2D eigenvalue weighted by Crippen LogP contribution is -2.25. The normalized spacial score (nSPS) is 11.6. The van der Waals surface area contributed by atoms with Gasteiger partial charge in [-0.2, -0.15) is 0 Å². The number of carbonyl (C=O) groups excluding carboxylic acids is 1. The van der Waals surface area contributed by atoms with E-state index in [4.69, 9.17) is 18.9 Å². The molecule has 1 unspecified atom stereocenters. The first-order chi connectivity index (χ1) is 10.2. The van der Waals surface area contributed by atoms with Gasteiger partial charge in [0.2, 0.25) is 0 Å². The van der Waals surface area contributed by atoms with Crippen molar-refractivity contribution in [3.05, 3.63) is 24.3 Å². The first-order valence-corrected chi connectivity index (χ1v) is 7.02. The van der Waals surface area contributed by atoms with Gasteiger partial charge in [0.15, 0.2) is 6.29 Å². The monoisotopic (exact) mass is 297 g/mol. The SMILES string of the molecule is CCNC(=O)OCCOc1ccc(OC(CC)OC)cc1. The van der Waals surface area contributed by atoms with Crippen molar-refractivity contribution in [3.63, 3.8) is 0 Å². The zero-order chi connectivity index (χ0) is 15.5. The number of benzene rings is 1. The first kappa shape index (κ1) is 17.1. The molecule has 0 fully saturated rings. The molecule has 0 aliphatic heterocycles. The van der Waals surface area contributed by atoms with Crippen molar-refractivity contribution < 1.29 is 23.7 Å². The van der Waals surface area contributed by atoms with E-state index < -0.39 is 6.09 Å². The van der Waals surface area contributed by atoms with Gasteiger partial charge in [0.1, 0.15) is 24.7 Å². The molecule has 1 atom stereocenters. The molecule has 1 N–H and O–H groups in total. The van der Waals surface area contributed by atoms with Crippen LogP contribution in [0.1, 0.15) is 20.3 Å². The molecule has 118 valence electrons. The van der Waals surface area contributed by atoms with E-state index in [1.807, 2.05) is 26.0 Å². The summed E-state index contributed by atoms with van der Waals surface area (Å²) in [6.07, 6.45) is 0.0867. The van der Waals surface area contributed by atoms with Crippen LogP contribution < -0.4 is 14.8 Å². The lowest BCUT2D eigenvalue weighted by atomic mass is 10.3. The molecule has 0 aromatic heterocycles. The van der Waals surface area contributed by atoms with Crippen LogP contribution in [0.4, 0.5) is 4.79 Å². The van der Waals surface area contributed by atoms with Crippen LogP contribution in [-0.2, 0) is 9.47 Å². The fourth-order valence-corrected chi connectivity index (χ4v) is 1.55. The highest BCUT2D eigenvalue weighted by atomic mass is 16.7. The molecule has 1 aromatic rings. The van der Waals surface area contributed by atoms with Crippen molar-refractivity contribution >= 4 is 6.09 Å². The Labute approximate surface area is 125 Å². The van der Waals surface area contributed by atoms with Crippen LogP contribution in [0.2, 0.25) is 0 Å². The minimum atomic E-state index is -0.435. The molecule has 21 heavy (non-hydrogen) atoms. The molecule has 0 bridgehead atoms. The van der Waals surface area contributed by atoms with Crippen molar-refractivity contribution in [2.45, 2.75) is 26.6 Å². The maximum atomic E-state index is 11.0. The highest BCUT2D eigenvalue weighted by Gasteiger charge is 2.06. The summed E-state index contributed by atoms with van der Waals surface area (Å²) in [5, 5.41) is 2.54. The summed E-state index contributed by atoms with van der Waals surface area (Å²) >= 11 is 0. The summed E-state index contributed by atoms with van der Waals surface area (Å²) in [6, 6.07) is 7.21. The van der Waals surface area contributed by atoms with E-state index in [-0.39, 0.29) is 12.9 Å². The Morgan fingerprint density at radius 1 is 1.14 bits per heavy atom. The van der Waals surface area contributed by atoms with Gasteiger partial charge < -0.3 is 24.3 Å². The Balaban J connectivity index is 2.29. The van der Waals surface area contributed by atoms with Gasteiger partial charge in [0.25, 0.3) is 0 Å². The molecule has 1 aromatic carbocycles. The number of methoxy groups -OCH3 is 1. The molecule has 0 heterocycles. The Morgan fingerprint density at radius 2 is 1.81 bits per heavy atom. The summed E-state index contributed by atoms with van der Waals surface area (Å²) in [5.41, 5.74) is 0. The third-order valence-electron chi connectivity index (χ3n) is 2.59. The summed E-state index contributed by atoms with van der Waals surface area (Å²) < 4.78 is 21.1. The second-order valence-corrected chi connectivity index (χ2v) is 4.18. The van der Waals surface area contributed by atoms with E-state index in [1.54, 1.807) is 19.2 Å². The standard InChI is InChI=1S/C15H23NO5/c1-4-14(18-3)21-13-8-6-12(7-9-13)19-10-11-20-15(17)16-5-2/h6-9,14H,4-5,10-11H2,1-3H3,(H,16,17). The van der Waals surface area contributed by atoms with E-state index in [0.717, 1.165) is 12.2 Å². The Kier molecular flexibility index (Phi) is 8.04. The number of amides is 1. The molecule has 0 radical (unpaired) electrons. The topological polar surface area (TPSA) is 66.0 Å². The summed E-state index contributed by atoms with van der Waals surface area (Å²) in [4.78, 5) is 11.0. The van der Waals surface area contributed by atoms with Crippen LogP contribution in [0.25, 0.3) is 0 Å². The predicted molar refractivity (Wildman–Crippen MR) is 78.7 cm³/mol. The number of ether oxygens (including phenoxy) is 4. The fourth-order valence-electron chi connectivity index (χ4n) is 1.55. The van der Waals surface area contributed by atoms with Crippen molar-refractivity contribution in [1.82, 2.24) is 5.32 Å². The molecule has 6 nitrogen and oxygen atoms in total. The maximum absolute atomic E-state index is 11.0. The Morgan fingerprint density at radius 3 is 2.38 bits per heavy atom. The van der Waals surface area contributed by atoms with Crippen LogP contribution in [0, 0.1) is 0 Å². The van der Waals surface area contributed by atoms with Crippen molar-refractivity contribution in [2.24, 2.45) is 0 Å². The molecule has 1 rings (SSSR count). The van der Waals surface area contributed by atoms with Gasteiger partial charge in [0.05, 0.1) is 0 Å². The fraction of sp³-hybridized carbons (Fsp3) is 0.533. The van der Waals surface area contributed by atoms with Gasteiger partial charge in [-0.05, 0) is 31.2 Å². The zero-order valence-electron chi connectivity index (χ0n) is 12.8. The molecule has 6 heteroatoms. The van der Waals surface area contributed by atoms with E-state index in [0.29, 0.717) is 18.9 Å². The summed E-state index contributed by atoms with van der Waals surface area (Å²) in [7, 11) is 1.61. The number of rotatable bonds is 9. The maximum Gasteiger partial charge on any atom is 0.407 e. The summed E-state index contributed by atoms with van der Waals surface area (Å²) in [5.74, 6) is 1.40. The van der Waals surface area contributed by atoms with Crippen LogP contribution in [0.5, 0.6) is 11.5 Å². The minimum absolute atomic E-state index is 0.200. The van der Waals surface area contributed by atoms with Crippen molar-refractivity contribution in [1.29, 1.82) is 0 Å². The molecule has 0 aliphatic rings. The van der Waals surface area contributed by atoms with Gasteiger partial charge in [-0.15, -0.1) is 0 Å². The number of carbonyl (C=O) groups is 1. The quantitative estimate of drug-likeness (QED) is 0.560. The number of nitrogens with one attached hydrogen (secondary N) is 1. The van der Waals surface area contributed by atoms with E-state index in [1.165, 1.54) is 0 Å². The van der Waals surface area contributed by atoms with Gasteiger partial charge in [-0.3, -0.25) is 0 Å².